The molecule has 0 bridgehead atoms. The number of aliphatic hydroxyl groups is 3. The van der Waals surface area contributed by atoms with Crippen molar-refractivity contribution in [3.05, 3.63) is 60.4 Å². The molecule has 234 valence electrons. The quantitative estimate of drug-likeness (QED) is 0.232. The van der Waals surface area contributed by atoms with Gasteiger partial charge in [0.1, 0.15) is 47.2 Å². The largest absolute Gasteiger partial charge is 0.394 e. The van der Waals surface area contributed by atoms with Crippen LogP contribution >= 0.6 is 11.8 Å². The second kappa shape index (κ2) is 12.8. The zero-order valence-corrected chi connectivity index (χ0v) is 23.8. The van der Waals surface area contributed by atoms with Crippen LogP contribution in [0.25, 0.3) is 22.8 Å². The van der Waals surface area contributed by atoms with Crippen LogP contribution in [0, 0.1) is 17.5 Å². The molecule has 0 unspecified atom stereocenters. The number of nitrogens with zero attached hydrogens (tertiary/aromatic N) is 8. The Labute approximate surface area is 251 Å². The van der Waals surface area contributed by atoms with Gasteiger partial charge in [-0.2, -0.15) is 0 Å². The van der Waals surface area contributed by atoms with Crippen LogP contribution in [-0.2, 0) is 14.2 Å². The van der Waals surface area contributed by atoms with E-state index in [4.69, 9.17) is 14.2 Å². The number of thioether (sulfide) groups is 1. The van der Waals surface area contributed by atoms with Gasteiger partial charge >= 0.3 is 0 Å². The van der Waals surface area contributed by atoms with Gasteiger partial charge in [-0.05, 0) is 18.2 Å². The van der Waals surface area contributed by atoms with Gasteiger partial charge in [0.2, 0.25) is 0 Å². The lowest BCUT2D eigenvalue weighted by Gasteiger charge is -2.45. The Hall–Kier alpha value is -3.52. The highest BCUT2D eigenvalue weighted by atomic mass is 32.2. The van der Waals surface area contributed by atoms with Crippen molar-refractivity contribution in [3.8, 4) is 22.8 Å². The third-order valence-electron chi connectivity index (χ3n) is 7.49. The van der Waals surface area contributed by atoms with Gasteiger partial charge in [0.15, 0.2) is 23.3 Å². The van der Waals surface area contributed by atoms with Crippen LogP contribution in [0.2, 0.25) is 0 Å². The first-order valence-electron chi connectivity index (χ1n) is 13.4. The van der Waals surface area contributed by atoms with E-state index in [9.17, 15) is 28.5 Å². The summed E-state index contributed by atoms with van der Waals surface area (Å²) in [7, 11) is 1.39. The molecule has 1 aromatic carbocycles. The van der Waals surface area contributed by atoms with Crippen LogP contribution in [0.5, 0.6) is 0 Å². The van der Waals surface area contributed by atoms with Crippen molar-refractivity contribution in [2.45, 2.75) is 47.2 Å². The Morgan fingerprint density at radius 2 is 1.66 bits per heavy atom. The van der Waals surface area contributed by atoms with Crippen molar-refractivity contribution in [1.29, 1.82) is 0 Å². The molecule has 8 atom stereocenters. The van der Waals surface area contributed by atoms with E-state index in [0.717, 1.165) is 12.1 Å². The normalized spacial score (nSPS) is 29.2. The average molecular weight is 637 g/mol. The lowest BCUT2D eigenvalue weighted by atomic mass is 9.97. The summed E-state index contributed by atoms with van der Waals surface area (Å²) in [6.07, 6.45) is 1.77. The standard InChI is InChI=1S/C26H27F3N8O6S/c1-41-24-21(37-7-15(32-35-37)12-5-13(27)20(29)14(28)6-12)23(40)18(9-38)43-26(24)44-19-11-42-10-17(22(19)39)36-8-16(33-34-36)25-30-3-2-4-31-25/h2-8,17-19,21-24,26,38-40H,9-11H2,1H3/t17-,18+,19+,21-,22+,23-,24+,26-/m0/s1. The molecule has 44 heavy (non-hydrogen) atoms. The maximum Gasteiger partial charge on any atom is 0.194 e. The maximum atomic E-state index is 13.9. The summed E-state index contributed by atoms with van der Waals surface area (Å²) >= 11 is 1.18. The van der Waals surface area contributed by atoms with E-state index in [1.807, 2.05) is 0 Å². The smallest absolute Gasteiger partial charge is 0.194 e. The molecule has 3 aromatic heterocycles. The van der Waals surface area contributed by atoms with E-state index < -0.39 is 71.2 Å². The summed E-state index contributed by atoms with van der Waals surface area (Å²) in [5, 5.41) is 48.2. The molecular formula is C26H27F3N8O6S. The van der Waals surface area contributed by atoms with Gasteiger partial charge in [0.05, 0.1) is 43.6 Å². The lowest BCUT2D eigenvalue weighted by molar-refractivity contribution is -0.186. The molecule has 2 aliphatic heterocycles. The summed E-state index contributed by atoms with van der Waals surface area (Å²) in [4.78, 5) is 8.33. The fourth-order valence-corrected chi connectivity index (χ4v) is 6.72. The highest BCUT2D eigenvalue weighted by Gasteiger charge is 2.49. The van der Waals surface area contributed by atoms with Gasteiger partial charge in [-0.25, -0.2) is 32.5 Å². The maximum absolute atomic E-state index is 13.9. The van der Waals surface area contributed by atoms with E-state index in [0.29, 0.717) is 11.5 Å². The molecule has 3 N–H and O–H groups in total. The second-order valence-corrected chi connectivity index (χ2v) is 11.5. The number of benzene rings is 1. The Balaban J connectivity index is 1.23. The zero-order chi connectivity index (χ0) is 31.0. The molecule has 14 nitrogen and oxygen atoms in total. The third-order valence-corrected chi connectivity index (χ3v) is 8.90. The predicted octanol–water partition coefficient (Wildman–Crippen LogP) is 0.779. The minimum Gasteiger partial charge on any atom is -0.394 e. The number of aromatic nitrogens is 8. The van der Waals surface area contributed by atoms with E-state index in [2.05, 4.69) is 30.6 Å². The molecule has 0 amide bonds. The second-order valence-electron chi connectivity index (χ2n) is 10.2. The molecule has 6 rings (SSSR count). The van der Waals surface area contributed by atoms with Crippen molar-refractivity contribution < 1.29 is 42.7 Å². The number of rotatable bonds is 8. The van der Waals surface area contributed by atoms with Gasteiger partial charge in [-0.1, -0.05) is 10.4 Å². The number of ether oxygens (including phenoxy) is 3. The Bertz CT molecular complexity index is 1560. The van der Waals surface area contributed by atoms with Gasteiger partial charge in [-0.15, -0.1) is 22.0 Å². The lowest BCUT2D eigenvalue weighted by Crippen LogP contribution is -2.56. The molecule has 2 aliphatic rings. The molecular weight excluding hydrogens is 609 g/mol. The number of hydrogen-bond acceptors (Lipinski definition) is 13. The minimum absolute atomic E-state index is 0.00754. The molecule has 2 fully saturated rings. The summed E-state index contributed by atoms with van der Waals surface area (Å²) in [5.41, 5.74) is -0.502. The van der Waals surface area contributed by atoms with Crippen LogP contribution in [0.1, 0.15) is 12.1 Å². The zero-order valence-electron chi connectivity index (χ0n) is 23.0. The van der Waals surface area contributed by atoms with Crippen LogP contribution in [0.3, 0.4) is 0 Å². The van der Waals surface area contributed by atoms with Crippen molar-refractivity contribution >= 4 is 11.8 Å². The number of halogens is 3. The molecule has 0 saturated carbocycles. The molecule has 4 aromatic rings. The molecule has 0 spiro atoms. The van der Waals surface area contributed by atoms with Crippen molar-refractivity contribution in [2.75, 3.05) is 26.9 Å². The Kier molecular flexibility index (Phi) is 8.90. The number of methoxy groups -OCH3 is 1. The van der Waals surface area contributed by atoms with Gasteiger partial charge in [-0.3, -0.25) is 0 Å². The van der Waals surface area contributed by atoms with Crippen LogP contribution in [0.15, 0.2) is 43.0 Å². The van der Waals surface area contributed by atoms with E-state index >= 15 is 0 Å². The Morgan fingerprint density at radius 3 is 2.36 bits per heavy atom. The van der Waals surface area contributed by atoms with Gasteiger partial charge < -0.3 is 29.5 Å². The van der Waals surface area contributed by atoms with Crippen LogP contribution in [-0.4, -0.2) is 117 Å². The molecule has 18 heteroatoms. The first kappa shape index (κ1) is 30.5. The van der Waals surface area contributed by atoms with Crippen molar-refractivity contribution in [2.24, 2.45) is 0 Å². The fourth-order valence-electron chi connectivity index (χ4n) is 5.23. The van der Waals surface area contributed by atoms with Gasteiger partial charge in [0.25, 0.3) is 0 Å². The molecule has 0 aliphatic carbocycles. The fraction of sp³-hybridized carbons (Fsp3) is 0.462. The molecule has 2 saturated heterocycles. The van der Waals surface area contributed by atoms with E-state index in [1.54, 1.807) is 24.7 Å². The minimum atomic E-state index is -1.61. The van der Waals surface area contributed by atoms with Gasteiger partial charge in [0, 0.05) is 25.1 Å². The monoisotopic (exact) mass is 636 g/mol. The summed E-state index contributed by atoms with van der Waals surface area (Å²) in [6, 6.07) is 1.64. The predicted molar refractivity (Wildman–Crippen MR) is 145 cm³/mol. The van der Waals surface area contributed by atoms with E-state index in [-0.39, 0.29) is 24.5 Å². The first-order chi connectivity index (χ1) is 21.3. The highest BCUT2D eigenvalue weighted by molar-refractivity contribution is 8.00. The topological polar surface area (TPSA) is 176 Å². The summed E-state index contributed by atoms with van der Waals surface area (Å²) in [6.45, 7) is -0.256. The Morgan fingerprint density at radius 1 is 0.977 bits per heavy atom. The van der Waals surface area contributed by atoms with Crippen LogP contribution in [0.4, 0.5) is 13.2 Å². The first-order valence-corrected chi connectivity index (χ1v) is 14.4. The number of hydrogen-bond donors (Lipinski definition) is 3. The van der Waals surface area contributed by atoms with Crippen LogP contribution < -0.4 is 0 Å². The average Bonchev–Trinajstić information content (AvgIpc) is 3.72. The molecule has 0 radical (unpaired) electrons. The summed E-state index contributed by atoms with van der Waals surface area (Å²) < 4.78 is 61.5. The van der Waals surface area contributed by atoms with E-state index in [1.165, 1.54) is 34.4 Å². The third kappa shape index (κ3) is 5.81. The highest BCUT2D eigenvalue weighted by Crippen LogP contribution is 2.41. The van der Waals surface area contributed by atoms with Crippen molar-refractivity contribution in [3.63, 3.8) is 0 Å². The van der Waals surface area contributed by atoms with Crippen molar-refractivity contribution in [1.82, 2.24) is 40.0 Å². The summed E-state index contributed by atoms with van der Waals surface area (Å²) in [5.74, 6) is -4.03. The number of aliphatic hydroxyl groups excluding tert-OH is 3. The SMILES string of the molecule is CO[C@@H]1[C@@H](n2cc(-c3cc(F)c(F)c(F)c3)nn2)[C@@H](O)[C@@H](CO)O[C@H]1S[C@@H]1COC[C@H](n2cc(-c3ncccn3)nn2)[C@H]1O. The molecule has 5 heterocycles.